The summed E-state index contributed by atoms with van der Waals surface area (Å²) in [5.74, 6) is -0.535. The minimum Gasteiger partial charge on any atom is -0.487 e. The highest BCUT2D eigenvalue weighted by Crippen LogP contribution is 2.28. The van der Waals surface area contributed by atoms with Crippen LogP contribution in [0, 0.1) is 0 Å². The number of hydrogen-bond donors (Lipinski definition) is 2. The molecule has 2 N–H and O–H groups in total. The lowest BCUT2D eigenvalue weighted by Crippen LogP contribution is -2.08. The van der Waals surface area contributed by atoms with E-state index < -0.39 is 12.1 Å². The first-order valence-corrected chi connectivity index (χ1v) is 9.67. The number of halogens is 1. The molecule has 0 radical (unpaired) electrons. The van der Waals surface area contributed by atoms with Gasteiger partial charge in [-0.2, -0.15) is 0 Å². The van der Waals surface area contributed by atoms with Crippen molar-refractivity contribution in [2.75, 3.05) is 0 Å². The van der Waals surface area contributed by atoms with Gasteiger partial charge < -0.3 is 14.9 Å². The highest BCUT2D eigenvalue weighted by Gasteiger charge is 2.18. The number of ether oxygens (including phenoxy) is 1. The largest absolute Gasteiger partial charge is 0.487 e. The highest BCUT2D eigenvalue weighted by molar-refractivity contribution is 6.31. The number of rotatable bonds is 6. The van der Waals surface area contributed by atoms with E-state index in [2.05, 4.69) is 4.98 Å². The van der Waals surface area contributed by atoms with Gasteiger partial charge in [0, 0.05) is 10.4 Å². The molecule has 1 aromatic heterocycles. The third-order valence-corrected chi connectivity index (χ3v) is 4.99. The standard InChI is InChI=1S/C24H18ClNO4/c25-17-10-8-15-9-11-18(26-22(15)13-17)14-30-19-5-3-4-16(12-19)23(27)20-6-1-2-7-21(20)24(28)29/h1-13,23,27H,14H2,(H,28,29). The molecule has 0 fully saturated rings. The van der Waals surface area contributed by atoms with Gasteiger partial charge in [0.2, 0.25) is 0 Å². The fourth-order valence-electron chi connectivity index (χ4n) is 3.25. The van der Waals surface area contributed by atoms with Crippen LogP contribution in [0.15, 0.2) is 78.9 Å². The molecule has 30 heavy (non-hydrogen) atoms. The van der Waals surface area contributed by atoms with Crippen molar-refractivity contribution in [3.63, 3.8) is 0 Å². The normalized spacial score (nSPS) is 11.9. The van der Waals surface area contributed by atoms with Gasteiger partial charge in [0.25, 0.3) is 0 Å². The molecule has 5 nitrogen and oxygen atoms in total. The van der Waals surface area contributed by atoms with Crippen LogP contribution >= 0.6 is 11.6 Å². The second-order valence-electron chi connectivity index (χ2n) is 6.80. The molecule has 0 bridgehead atoms. The van der Waals surface area contributed by atoms with E-state index in [0.29, 0.717) is 21.9 Å². The summed E-state index contributed by atoms with van der Waals surface area (Å²) in [7, 11) is 0. The molecule has 0 aliphatic heterocycles. The molecule has 1 heterocycles. The molecule has 1 atom stereocenters. The predicted molar refractivity (Wildman–Crippen MR) is 115 cm³/mol. The van der Waals surface area contributed by atoms with E-state index in [1.54, 1.807) is 48.5 Å². The monoisotopic (exact) mass is 419 g/mol. The molecule has 150 valence electrons. The fraction of sp³-hybridized carbons (Fsp3) is 0.0833. The maximum absolute atomic E-state index is 11.4. The fourth-order valence-corrected chi connectivity index (χ4v) is 3.42. The summed E-state index contributed by atoms with van der Waals surface area (Å²) in [5.41, 5.74) is 2.47. The van der Waals surface area contributed by atoms with Gasteiger partial charge in [-0.3, -0.25) is 0 Å². The number of pyridine rings is 1. The second-order valence-corrected chi connectivity index (χ2v) is 7.23. The van der Waals surface area contributed by atoms with Crippen molar-refractivity contribution in [2.24, 2.45) is 0 Å². The van der Waals surface area contributed by atoms with Gasteiger partial charge in [0.15, 0.2) is 0 Å². The van der Waals surface area contributed by atoms with Crippen LogP contribution in [0.3, 0.4) is 0 Å². The minimum absolute atomic E-state index is 0.0651. The first-order valence-electron chi connectivity index (χ1n) is 9.29. The van der Waals surface area contributed by atoms with Crippen molar-refractivity contribution in [3.8, 4) is 5.75 Å². The van der Waals surface area contributed by atoms with Crippen LogP contribution in [0.4, 0.5) is 0 Å². The lowest BCUT2D eigenvalue weighted by Gasteiger charge is -2.15. The number of carbonyl (C=O) groups is 1. The molecule has 3 aromatic carbocycles. The lowest BCUT2D eigenvalue weighted by molar-refractivity contribution is 0.0691. The molecule has 4 rings (SSSR count). The molecule has 0 amide bonds. The van der Waals surface area contributed by atoms with Crippen molar-refractivity contribution in [1.29, 1.82) is 0 Å². The second kappa shape index (κ2) is 8.53. The summed E-state index contributed by atoms with van der Waals surface area (Å²) >= 11 is 6.04. The van der Waals surface area contributed by atoms with E-state index in [4.69, 9.17) is 16.3 Å². The maximum Gasteiger partial charge on any atom is 0.336 e. The van der Waals surface area contributed by atoms with E-state index in [9.17, 15) is 15.0 Å². The Morgan fingerprint density at radius 1 is 1.00 bits per heavy atom. The van der Waals surface area contributed by atoms with Crippen molar-refractivity contribution < 1.29 is 19.7 Å². The van der Waals surface area contributed by atoms with E-state index in [1.807, 2.05) is 24.3 Å². The smallest absolute Gasteiger partial charge is 0.336 e. The number of nitrogens with zero attached hydrogens (tertiary/aromatic N) is 1. The lowest BCUT2D eigenvalue weighted by atomic mass is 9.97. The molecule has 6 heteroatoms. The molecular formula is C24H18ClNO4. The van der Waals surface area contributed by atoms with Crippen molar-refractivity contribution in [1.82, 2.24) is 4.98 Å². The van der Waals surface area contributed by atoms with E-state index in [0.717, 1.165) is 16.6 Å². The van der Waals surface area contributed by atoms with Gasteiger partial charge in [-0.15, -0.1) is 0 Å². The van der Waals surface area contributed by atoms with Crippen LogP contribution in [0.1, 0.15) is 33.3 Å². The third kappa shape index (κ3) is 4.27. The molecule has 0 saturated heterocycles. The first-order chi connectivity index (χ1) is 14.5. The number of aromatic carboxylic acids is 1. The number of hydrogen-bond acceptors (Lipinski definition) is 4. The van der Waals surface area contributed by atoms with Crippen molar-refractivity contribution in [2.45, 2.75) is 12.7 Å². The number of carboxylic acids is 1. The van der Waals surface area contributed by atoms with Gasteiger partial charge in [-0.05, 0) is 47.5 Å². The number of benzene rings is 3. The Morgan fingerprint density at radius 3 is 2.63 bits per heavy atom. The van der Waals surface area contributed by atoms with Crippen LogP contribution in [0.2, 0.25) is 5.02 Å². The zero-order valence-electron chi connectivity index (χ0n) is 15.8. The Kier molecular flexibility index (Phi) is 5.65. The Hall–Kier alpha value is -3.41. The van der Waals surface area contributed by atoms with Crippen LogP contribution in [-0.2, 0) is 6.61 Å². The summed E-state index contributed by atoms with van der Waals surface area (Å²) in [6, 6.07) is 22.7. The number of aromatic nitrogens is 1. The molecular weight excluding hydrogens is 402 g/mol. The number of aliphatic hydroxyl groups excluding tert-OH is 1. The third-order valence-electron chi connectivity index (χ3n) is 4.76. The van der Waals surface area contributed by atoms with Crippen LogP contribution in [0.5, 0.6) is 5.75 Å². The van der Waals surface area contributed by atoms with Crippen molar-refractivity contribution in [3.05, 3.63) is 106 Å². The van der Waals surface area contributed by atoms with Gasteiger partial charge >= 0.3 is 5.97 Å². The van der Waals surface area contributed by atoms with E-state index in [1.165, 1.54) is 6.07 Å². The number of aliphatic hydroxyl groups is 1. The molecule has 0 aliphatic carbocycles. The molecule has 0 saturated carbocycles. The van der Waals surface area contributed by atoms with E-state index >= 15 is 0 Å². The Bertz CT molecular complexity index is 1220. The zero-order valence-corrected chi connectivity index (χ0v) is 16.6. The van der Waals surface area contributed by atoms with Gasteiger partial charge in [0.05, 0.1) is 16.8 Å². The van der Waals surface area contributed by atoms with Gasteiger partial charge in [0.1, 0.15) is 18.5 Å². The summed E-state index contributed by atoms with van der Waals surface area (Å²) < 4.78 is 5.85. The number of carboxylic acid groups (broad SMARTS) is 1. The van der Waals surface area contributed by atoms with Crippen LogP contribution in [-0.4, -0.2) is 21.2 Å². The van der Waals surface area contributed by atoms with Crippen LogP contribution < -0.4 is 4.74 Å². The Morgan fingerprint density at radius 2 is 1.80 bits per heavy atom. The van der Waals surface area contributed by atoms with Gasteiger partial charge in [-0.25, -0.2) is 9.78 Å². The SMILES string of the molecule is O=C(O)c1ccccc1C(O)c1cccc(OCc2ccc3ccc(Cl)cc3n2)c1. The topological polar surface area (TPSA) is 79.7 Å². The quantitative estimate of drug-likeness (QED) is 0.446. The average Bonchev–Trinajstić information content (AvgIpc) is 2.77. The molecule has 0 spiro atoms. The van der Waals surface area contributed by atoms with Crippen LogP contribution in [0.25, 0.3) is 10.9 Å². The Balaban J connectivity index is 1.53. The summed E-state index contributed by atoms with van der Waals surface area (Å²) in [4.78, 5) is 16.0. The summed E-state index contributed by atoms with van der Waals surface area (Å²) in [6.45, 7) is 0.244. The molecule has 1 unspecified atom stereocenters. The average molecular weight is 420 g/mol. The summed E-state index contributed by atoms with van der Waals surface area (Å²) in [5, 5.41) is 21.7. The molecule has 0 aliphatic rings. The van der Waals surface area contributed by atoms with Crippen molar-refractivity contribution >= 4 is 28.5 Å². The van der Waals surface area contributed by atoms with Gasteiger partial charge in [-0.1, -0.05) is 54.1 Å². The number of fused-ring (bicyclic) bond motifs is 1. The maximum atomic E-state index is 11.4. The highest BCUT2D eigenvalue weighted by atomic mass is 35.5. The predicted octanol–water partition coefficient (Wildman–Crippen LogP) is 5.25. The summed E-state index contributed by atoms with van der Waals surface area (Å²) in [6.07, 6.45) is -1.08. The Labute approximate surface area is 178 Å². The first kappa shape index (κ1) is 19.9. The molecule has 4 aromatic rings. The van der Waals surface area contributed by atoms with E-state index in [-0.39, 0.29) is 12.2 Å². The zero-order chi connectivity index (χ0) is 21.1. The minimum atomic E-state index is -1.08.